The topological polar surface area (TPSA) is 76.4 Å². The highest BCUT2D eigenvalue weighted by molar-refractivity contribution is 5.90. The number of aliphatic imine (C=N–C) groups is 1. The van der Waals surface area contributed by atoms with Gasteiger partial charge in [0.2, 0.25) is 0 Å². The summed E-state index contributed by atoms with van der Waals surface area (Å²) < 4.78 is 0. The van der Waals surface area contributed by atoms with Crippen molar-refractivity contribution in [2.24, 2.45) is 16.5 Å². The Balaban J connectivity index is 2.33. The third-order valence-electron chi connectivity index (χ3n) is 2.72. The van der Waals surface area contributed by atoms with Crippen LogP contribution in [0.15, 0.2) is 41.4 Å². The Morgan fingerprint density at radius 3 is 2.65 bits per heavy atom. The zero-order chi connectivity index (χ0) is 12.3. The van der Waals surface area contributed by atoms with Gasteiger partial charge in [-0.3, -0.25) is 0 Å². The van der Waals surface area contributed by atoms with E-state index in [1.807, 2.05) is 36.4 Å². The summed E-state index contributed by atoms with van der Waals surface area (Å²) in [5, 5.41) is 3.06. The Hall–Kier alpha value is -1.81. The van der Waals surface area contributed by atoms with Crippen LogP contribution in [0.1, 0.15) is 25.3 Å². The molecule has 1 aliphatic rings. The first kappa shape index (κ1) is 11.7. The second-order valence-electron chi connectivity index (χ2n) is 4.29. The summed E-state index contributed by atoms with van der Waals surface area (Å²) in [4.78, 5) is 4.26. The van der Waals surface area contributed by atoms with E-state index in [2.05, 4.69) is 17.2 Å². The van der Waals surface area contributed by atoms with Gasteiger partial charge in [0.15, 0.2) is 5.96 Å². The number of nitrogens with zero attached hydrogens (tertiary/aromatic N) is 1. The van der Waals surface area contributed by atoms with Crippen molar-refractivity contribution in [1.82, 2.24) is 5.32 Å². The second-order valence-corrected chi connectivity index (χ2v) is 4.29. The third kappa shape index (κ3) is 2.65. The average molecular weight is 230 g/mol. The van der Waals surface area contributed by atoms with Gasteiger partial charge in [-0.05, 0) is 18.1 Å². The summed E-state index contributed by atoms with van der Waals surface area (Å²) in [6.45, 7) is 2.08. The molecule has 1 atom stereocenters. The number of guanidine groups is 1. The first-order valence-electron chi connectivity index (χ1n) is 5.82. The van der Waals surface area contributed by atoms with Crippen LogP contribution >= 0.6 is 0 Å². The molecule has 17 heavy (non-hydrogen) atoms. The fourth-order valence-corrected chi connectivity index (χ4v) is 2.01. The van der Waals surface area contributed by atoms with Gasteiger partial charge in [0.1, 0.15) is 5.66 Å². The Labute approximate surface area is 101 Å². The monoisotopic (exact) mass is 230 g/mol. The van der Waals surface area contributed by atoms with E-state index < -0.39 is 5.66 Å². The van der Waals surface area contributed by atoms with Crippen molar-refractivity contribution in [2.75, 3.05) is 0 Å². The van der Waals surface area contributed by atoms with Crippen molar-refractivity contribution >= 4 is 11.7 Å². The summed E-state index contributed by atoms with van der Waals surface area (Å²) in [7, 11) is 0. The average Bonchev–Trinajstić information content (AvgIpc) is 2.29. The van der Waals surface area contributed by atoms with E-state index in [-0.39, 0.29) is 0 Å². The van der Waals surface area contributed by atoms with Crippen LogP contribution in [0.2, 0.25) is 0 Å². The molecule has 1 heterocycles. The summed E-state index contributed by atoms with van der Waals surface area (Å²) in [6, 6.07) is 9.98. The van der Waals surface area contributed by atoms with Gasteiger partial charge in [0, 0.05) is 5.70 Å². The summed E-state index contributed by atoms with van der Waals surface area (Å²) in [5.41, 5.74) is 13.3. The molecule has 4 nitrogen and oxygen atoms in total. The lowest BCUT2D eigenvalue weighted by atomic mass is 10.0. The van der Waals surface area contributed by atoms with Crippen LogP contribution in [0.3, 0.4) is 0 Å². The summed E-state index contributed by atoms with van der Waals surface area (Å²) >= 11 is 0. The van der Waals surface area contributed by atoms with E-state index >= 15 is 0 Å². The van der Waals surface area contributed by atoms with Crippen LogP contribution in [0.5, 0.6) is 0 Å². The maximum Gasteiger partial charge on any atom is 0.195 e. The molecule has 0 saturated carbocycles. The highest BCUT2D eigenvalue weighted by atomic mass is 15.2. The van der Waals surface area contributed by atoms with Crippen molar-refractivity contribution in [2.45, 2.75) is 25.4 Å². The number of hydrogen-bond acceptors (Lipinski definition) is 4. The number of nitrogens with one attached hydrogen (secondary N) is 1. The van der Waals surface area contributed by atoms with Crippen molar-refractivity contribution in [3.8, 4) is 0 Å². The van der Waals surface area contributed by atoms with Crippen LogP contribution in [0, 0.1) is 0 Å². The van der Waals surface area contributed by atoms with Crippen molar-refractivity contribution in [3.63, 3.8) is 0 Å². The molecule has 0 fully saturated rings. The molecular weight excluding hydrogens is 212 g/mol. The van der Waals surface area contributed by atoms with E-state index in [1.54, 1.807) is 0 Å². The van der Waals surface area contributed by atoms with Crippen LogP contribution < -0.4 is 16.8 Å². The van der Waals surface area contributed by atoms with Gasteiger partial charge in [0.05, 0.1) is 0 Å². The Morgan fingerprint density at radius 2 is 2.00 bits per heavy atom. The van der Waals surface area contributed by atoms with Crippen molar-refractivity contribution in [3.05, 3.63) is 42.0 Å². The molecular formula is C13H18N4. The predicted octanol–water partition coefficient (Wildman–Crippen LogP) is 1.40. The molecule has 1 aromatic carbocycles. The summed E-state index contributed by atoms with van der Waals surface area (Å²) in [5.74, 6) is 0.377. The molecule has 1 aliphatic heterocycles. The molecule has 5 N–H and O–H groups in total. The maximum absolute atomic E-state index is 6.20. The van der Waals surface area contributed by atoms with E-state index in [4.69, 9.17) is 11.5 Å². The number of hydrogen-bond donors (Lipinski definition) is 3. The first-order valence-corrected chi connectivity index (χ1v) is 5.82. The SMILES string of the molecule is CCCC1(N)C=C(c2ccccc2)NC(N)=N1. The van der Waals surface area contributed by atoms with Gasteiger partial charge < -0.3 is 16.8 Å². The fraction of sp³-hybridized carbons (Fsp3) is 0.308. The van der Waals surface area contributed by atoms with Gasteiger partial charge in [-0.25, -0.2) is 4.99 Å². The van der Waals surface area contributed by atoms with E-state index in [0.29, 0.717) is 5.96 Å². The highest BCUT2D eigenvalue weighted by Crippen LogP contribution is 2.22. The quantitative estimate of drug-likeness (QED) is 0.734. The molecule has 1 aromatic rings. The fourth-order valence-electron chi connectivity index (χ4n) is 2.01. The number of nitrogens with two attached hydrogens (primary N) is 2. The number of rotatable bonds is 3. The third-order valence-corrected chi connectivity index (χ3v) is 2.72. The predicted molar refractivity (Wildman–Crippen MR) is 71.0 cm³/mol. The van der Waals surface area contributed by atoms with E-state index in [9.17, 15) is 0 Å². The molecule has 90 valence electrons. The molecule has 0 aliphatic carbocycles. The van der Waals surface area contributed by atoms with Crippen molar-refractivity contribution < 1.29 is 0 Å². The normalized spacial score (nSPS) is 23.6. The largest absolute Gasteiger partial charge is 0.370 e. The molecule has 0 saturated heterocycles. The molecule has 2 rings (SSSR count). The van der Waals surface area contributed by atoms with Crippen molar-refractivity contribution in [1.29, 1.82) is 0 Å². The molecule has 0 radical (unpaired) electrons. The maximum atomic E-state index is 6.20. The smallest absolute Gasteiger partial charge is 0.195 e. The molecule has 0 spiro atoms. The van der Waals surface area contributed by atoms with Gasteiger partial charge in [-0.1, -0.05) is 43.7 Å². The van der Waals surface area contributed by atoms with Gasteiger partial charge in [0.25, 0.3) is 0 Å². The van der Waals surface area contributed by atoms with Gasteiger partial charge >= 0.3 is 0 Å². The molecule has 0 bridgehead atoms. The van der Waals surface area contributed by atoms with Crippen LogP contribution in [0.25, 0.3) is 5.70 Å². The van der Waals surface area contributed by atoms with Crippen LogP contribution in [0.4, 0.5) is 0 Å². The lowest BCUT2D eigenvalue weighted by Crippen LogP contribution is -2.46. The minimum absolute atomic E-state index is 0.377. The molecule has 0 amide bonds. The Kier molecular flexibility index (Phi) is 3.15. The van der Waals surface area contributed by atoms with Crippen LogP contribution in [-0.4, -0.2) is 11.6 Å². The second kappa shape index (κ2) is 4.59. The Bertz CT molecular complexity index is 450. The highest BCUT2D eigenvalue weighted by Gasteiger charge is 2.25. The standard InChI is InChI=1S/C13H18N4/c1-2-8-13(15)9-11(16-12(14)17-13)10-6-4-3-5-7-10/h3-7,9H,2,8,15H2,1H3,(H3,14,16,17). The minimum atomic E-state index is -0.685. The zero-order valence-electron chi connectivity index (χ0n) is 9.98. The first-order chi connectivity index (χ1) is 8.13. The lowest BCUT2D eigenvalue weighted by molar-refractivity contribution is 0.496. The molecule has 1 unspecified atom stereocenters. The molecule has 4 heteroatoms. The van der Waals surface area contributed by atoms with Gasteiger partial charge in [-0.2, -0.15) is 0 Å². The van der Waals surface area contributed by atoms with E-state index in [1.165, 1.54) is 0 Å². The molecule has 0 aromatic heterocycles. The van der Waals surface area contributed by atoms with Gasteiger partial charge in [-0.15, -0.1) is 0 Å². The van der Waals surface area contributed by atoms with E-state index in [0.717, 1.165) is 24.1 Å². The summed E-state index contributed by atoms with van der Waals surface area (Å²) in [6.07, 6.45) is 3.69. The van der Waals surface area contributed by atoms with Crippen LogP contribution in [-0.2, 0) is 0 Å². The minimum Gasteiger partial charge on any atom is -0.370 e. The lowest BCUT2D eigenvalue weighted by Gasteiger charge is -2.28. The Morgan fingerprint density at radius 1 is 1.29 bits per heavy atom. The zero-order valence-corrected chi connectivity index (χ0v) is 9.98. The number of benzene rings is 1.